The summed E-state index contributed by atoms with van der Waals surface area (Å²) in [6.45, 7) is 2.17. The number of thioether (sulfide) groups is 2. The minimum atomic E-state index is -1.79. The fourth-order valence-corrected chi connectivity index (χ4v) is 8.61. The number of carbonyl (C=O) groups excluding carboxylic acids is 4. The van der Waals surface area contributed by atoms with E-state index >= 15 is 0 Å². The normalized spacial score (nSPS) is 22.0. The Kier molecular flexibility index (Phi) is 10.6. The molecule has 4 aliphatic rings. The number of fused-ring (bicyclic) bond motifs is 2. The van der Waals surface area contributed by atoms with Gasteiger partial charge in [0.05, 0.1) is 11.2 Å². The molecule has 1 aromatic heterocycles. The van der Waals surface area contributed by atoms with Crippen LogP contribution in [0.25, 0.3) is 0 Å². The van der Waals surface area contributed by atoms with Gasteiger partial charge in [0.25, 0.3) is 17.7 Å². The average molecular weight is 804 g/mol. The number of carbonyl (C=O) groups is 5. The molecule has 54 heavy (non-hydrogen) atoms. The van der Waals surface area contributed by atoms with Crippen LogP contribution in [0.3, 0.4) is 0 Å². The van der Waals surface area contributed by atoms with Crippen molar-refractivity contribution in [1.82, 2.24) is 41.6 Å². The lowest BCUT2D eigenvalue weighted by atomic mass is 9.89. The number of aromatic nitrogens is 1. The van der Waals surface area contributed by atoms with Crippen molar-refractivity contribution in [3.63, 3.8) is 0 Å². The lowest BCUT2D eigenvalue weighted by molar-refractivity contribution is -0.157. The van der Waals surface area contributed by atoms with Gasteiger partial charge in [-0.1, -0.05) is 5.16 Å². The number of nitrogens with two attached hydrogens (primary N) is 1. The molecule has 10 N–H and O–H groups in total. The number of anilines is 1. The van der Waals surface area contributed by atoms with Crippen molar-refractivity contribution in [1.29, 1.82) is 0 Å². The molecule has 21 nitrogen and oxygen atoms in total. The molecule has 6 rings (SSSR count). The number of aromatic hydroxyl groups is 2. The summed E-state index contributed by atoms with van der Waals surface area (Å²) in [6, 6.07) is 2.25. The van der Waals surface area contributed by atoms with E-state index in [2.05, 4.69) is 36.8 Å². The van der Waals surface area contributed by atoms with Crippen LogP contribution in [0.15, 0.2) is 56.9 Å². The van der Waals surface area contributed by atoms with Gasteiger partial charge >= 0.3 is 5.97 Å². The number of rotatable bonds is 12. The van der Waals surface area contributed by atoms with Gasteiger partial charge in [0, 0.05) is 35.2 Å². The minimum absolute atomic E-state index is 0.0110. The number of nitrogens with one attached hydrogen (secondary N) is 4. The van der Waals surface area contributed by atoms with E-state index in [4.69, 9.17) is 10.6 Å². The summed E-state index contributed by atoms with van der Waals surface area (Å²) < 4.78 is 0. The standard InChI is InChI=1S/C30H33N11O10S3/c1-29(2,26(48)36-35-22(45)14-3-4-16(43)17(44)7-14)51-37-20(15-9-52-28(31)33-15)23(46)34-21-24(47)40-10-30(27(49)50,12-54-25(21)40)11-53-19-5-6-32-18-8-39(13-42)38-41(18)19/h3-9,21,25,38,42-44H,10-13H2,1-2H3,(H2,31,33)(H,34,46)(H,35,45)(H,36,48)(H,49,50)/t21?,25-,30?/m1/s1. The Bertz CT molecular complexity index is 2020. The number of hydrogen-bond donors (Lipinski definition) is 9. The number of carboxylic acids is 1. The number of phenols is 2. The maximum atomic E-state index is 13.6. The number of hydrogen-bond acceptors (Lipinski definition) is 19. The largest absolute Gasteiger partial charge is 0.504 e. The molecule has 5 heterocycles. The third-order valence-electron chi connectivity index (χ3n) is 8.33. The second kappa shape index (κ2) is 15.1. The molecule has 0 radical (unpaired) electrons. The Morgan fingerprint density at radius 3 is 2.69 bits per heavy atom. The fourth-order valence-electron chi connectivity index (χ4n) is 5.23. The van der Waals surface area contributed by atoms with Gasteiger partial charge in [-0.05, 0) is 38.1 Å². The summed E-state index contributed by atoms with van der Waals surface area (Å²) in [5, 5.41) is 50.0. The van der Waals surface area contributed by atoms with Crippen LogP contribution in [0.4, 0.5) is 5.13 Å². The first-order valence-electron chi connectivity index (χ1n) is 15.7. The van der Waals surface area contributed by atoms with Gasteiger partial charge in [-0.25, -0.2) is 15.0 Å². The number of β-lactam (4-membered cyclic amide) rings is 1. The summed E-state index contributed by atoms with van der Waals surface area (Å²) in [4.78, 5) is 80.2. The Morgan fingerprint density at radius 1 is 1.22 bits per heavy atom. The maximum absolute atomic E-state index is 13.6. The molecular formula is C30H33N11O10S3. The lowest BCUT2D eigenvalue weighted by Crippen LogP contribution is -2.74. The van der Waals surface area contributed by atoms with Gasteiger partial charge < -0.3 is 41.2 Å². The molecule has 2 fully saturated rings. The third kappa shape index (κ3) is 7.58. The first kappa shape index (κ1) is 38.2. The summed E-state index contributed by atoms with van der Waals surface area (Å²) in [5.41, 5.74) is 9.40. The fraction of sp³-hybridized carbons (Fsp3) is 0.333. The molecular weight excluding hydrogens is 771 g/mol. The van der Waals surface area contributed by atoms with Gasteiger partial charge in [-0.2, -0.15) is 0 Å². The Morgan fingerprint density at radius 2 is 2.00 bits per heavy atom. The number of oxime groups is 1. The van der Waals surface area contributed by atoms with E-state index in [-0.39, 0.29) is 41.2 Å². The van der Waals surface area contributed by atoms with Crippen molar-refractivity contribution >= 4 is 81.5 Å². The third-order valence-corrected chi connectivity index (χ3v) is 11.9. The number of thiazole rings is 1. The zero-order chi connectivity index (χ0) is 38.9. The van der Waals surface area contributed by atoms with Crippen molar-refractivity contribution in [2.24, 2.45) is 15.6 Å². The molecule has 4 amide bonds. The monoisotopic (exact) mass is 803 g/mol. The molecule has 286 valence electrons. The number of benzene rings is 1. The van der Waals surface area contributed by atoms with Crippen LogP contribution < -0.4 is 27.4 Å². The SMILES string of the molecule is CC(C)(ON=C(C(=O)NC1C(=O)N2CC(CSC3=CC=NC4=CN(CO)NN43)(C(=O)O)CS[C@H]12)c1csc(N)n1)C(=O)NNC(=O)c1ccc(O)c(O)c1. The van der Waals surface area contributed by atoms with Gasteiger partial charge in [0.1, 0.15) is 29.3 Å². The first-order chi connectivity index (χ1) is 25.6. The van der Waals surface area contributed by atoms with Gasteiger partial charge in [0.2, 0.25) is 11.5 Å². The molecule has 24 heteroatoms. The van der Waals surface area contributed by atoms with E-state index in [1.54, 1.807) is 23.5 Å². The predicted molar refractivity (Wildman–Crippen MR) is 195 cm³/mol. The highest BCUT2D eigenvalue weighted by Crippen LogP contribution is 2.45. The van der Waals surface area contributed by atoms with E-state index in [1.807, 2.05) is 0 Å². The molecule has 3 atom stereocenters. The highest BCUT2D eigenvalue weighted by molar-refractivity contribution is 8.03. The van der Waals surface area contributed by atoms with Gasteiger partial charge in [-0.15, -0.1) is 40.4 Å². The van der Waals surface area contributed by atoms with Crippen molar-refractivity contribution in [3.8, 4) is 11.5 Å². The summed E-state index contributed by atoms with van der Waals surface area (Å²) >= 11 is 3.45. The highest BCUT2D eigenvalue weighted by atomic mass is 32.2. The topological polar surface area (TPSA) is 297 Å². The van der Waals surface area contributed by atoms with Gasteiger partial charge in [-0.3, -0.25) is 39.8 Å². The molecule has 2 saturated heterocycles. The van der Waals surface area contributed by atoms with Crippen LogP contribution >= 0.6 is 34.9 Å². The average Bonchev–Trinajstić information content (AvgIpc) is 3.78. The molecule has 4 aliphatic heterocycles. The van der Waals surface area contributed by atoms with Gasteiger partial charge in [0.15, 0.2) is 28.2 Å². The first-order valence-corrected chi connectivity index (χ1v) is 18.6. The van der Waals surface area contributed by atoms with Crippen LogP contribution in [0.1, 0.15) is 29.9 Å². The molecule has 0 saturated carbocycles. The Hall–Kier alpha value is -5.56. The van der Waals surface area contributed by atoms with Crippen molar-refractivity contribution in [2.75, 3.05) is 30.5 Å². The second-order valence-electron chi connectivity index (χ2n) is 12.5. The minimum Gasteiger partial charge on any atom is -0.504 e. The number of hydrazine groups is 3. The lowest BCUT2D eigenvalue weighted by Gasteiger charge is -2.53. The van der Waals surface area contributed by atoms with E-state index in [9.17, 15) is 44.4 Å². The quantitative estimate of drug-likeness (QED) is 0.0539. The summed E-state index contributed by atoms with van der Waals surface area (Å²) in [6.07, 6.45) is 4.85. The number of carboxylic acid groups (broad SMARTS) is 1. The summed E-state index contributed by atoms with van der Waals surface area (Å²) in [5.74, 6) is -4.46. The number of amides is 4. The van der Waals surface area contributed by atoms with Crippen molar-refractivity contribution in [2.45, 2.75) is 30.9 Å². The zero-order valence-electron chi connectivity index (χ0n) is 28.2. The molecule has 2 aromatic rings. The van der Waals surface area contributed by atoms with Crippen LogP contribution in [0, 0.1) is 5.41 Å². The summed E-state index contributed by atoms with van der Waals surface area (Å²) in [7, 11) is 0. The number of aliphatic hydroxyl groups excluding tert-OH is 1. The van der Waals surface area contributed by atoms with Crippen molar-refractivity contribution < 1.29 is 49.2 Å². The van der Waals surface area contributed by atoms with Crippen LogP contribution in [0.5, 0.6) is 11.5 Å². The molecule has 0 aliphatic carbocycles. The van der Waals surface area contributed by atoms with E-state index < -0.39 is 69.2 Å². The number of phenolic OH excluding ortho intramolecular Hbond substituents is 2. The molecule has 2 unspecified atom stereocenters. The number of nitrogens with zero attached hydrogens (tertiary/aromatic N) is 6. The molecule has 0 bridgehead atoms. The molecule has 0 spiro atoms. The predicted octanol–water partition coefficient (Wildman–Crippen LogP) is -0.987. The van der Waals surface area contributed by atoms with Crippen LogP contribution in [-0.4, -0.2) is 124 Å². The van der Waals surface area contributed by atoms with E-state index in [0.29, 0.717) is 10.9 Å². The highest BCUT2D eigenvalue weighted by Gasteiger charge is 2.58. The number of nitrogen functional groups attached to an aromatic ring is 1. The van der Waals surface area contributed by atoms with E-state index in [1.165, 1.54) is 58.7 Å². The van der Waals surface area contributed by atoms with E-state index in [0.717, 1.165) is 23.5 Å². The Balaban J connectivity index is 1.08. The number of aliphatic hydroxyl groups is 1. The number of aliphatic carboxylic acids is 1. The zero-order valence-corrected chi connectivity index (χ0v) is 30.7. The Labute approximate surface area is 317 Å². The smallest absolute Gasteiger partial charge is 0.313 e. The number of allylic oxidation sites excluding steroid dienone is 1. The van der Waals surface area contributed by atoms with Crippen LogP contribution in [0.2, 0.25) is 0 Å². The number of aliphatic imine (C=N–C) groups is 1. The van der Waals surface area contributed by atoms with Crippen LogP contribution in [-0.2, 0) is 24.0 Å². The molecule has 1 aromatic carbocycles. The maximum Gasteiger partial charge on any atom is 0.313 e. The van der Waals surface area contributed by atoms with Crippen molar-refractivity contribution in [3.05, 3.63) is 58.0 Å². The second-order valence-corrected chi connectivity index (χ2v) is 15.5.